The maximum Gasteiger partial charge on any atom is 1.00 e. The summed E-state index contributed by atoms with van der Waals surface area (Å²) in [5, 5.41) is 22.0. The minimum absolute atomic E-state index is 0. The van der Waals surface area contributed by atoms with E-state index in [0.29, 0.717) is 18.2 Å². The molecule has 23 nitrogen and oxygen atoms in total. The van der Waals surface area contributed by atoms with Crippen molar-refractivity contribution < 1.29 is 275 Å². The Morgan fingerprint density at radius 1 is 0.667 bits per heavy atom. The summed E-state index contributed by atoms with van der Waals surface area (Å²) in [6, 6.07) is 10.7. The topological polar surface area (TPSA) is 380 Å². The number of phenols is 1. The van der Waals surface area contributed by atoms with Crippen LogP contribution in [0.2, 0.25) is 5.28 Å². The van der Waals surface area contributed by atoms with Crippen LogP contribution in [0.5, 0.6) is 5.75 Å². The standard InChI is InChI=1S/C27H22ClN7O16S5.4K/c28-25-31-26(29-15-5-7-16(8-6-15)52(37,38)10-9-51-56(48,49)50)33-27(32-25)30-19-13-17(53(39,40)41)11-14-12-21(55(45,46)47)23(24(36)22(14)19)35-34-18-3-1-2-4-20(18)54(42,43)44;;;;/h1-8,11-13,36H,9-10H2,(H,39,40,41)(H,42,43,44)(H,45,46,47)(H,48,49,50)(H2,29,30,31,32,33);;;;/q;4*+1/p-4. The fourth-order valence-electron chi connectivity index (χ4n) is 4.67. The first-order valence-corrected chi connectivity index (χ1v) is 22.0. The molecule has 60 heavy (non-hydrogen) atoms. The van der Waals surface area contributed by atoms with Gasteiger partial charge in [-0.1, -0.05) is 12.1 Å². The van der Waals surface area contributed by atoms with Gasteiger partial charge in [0.2, 0.25) is 27.6 Å². The predicted molar refractivity (Wildman–Crippen MR) is 186 cm³/mol. The van der Waals surface area contributed by atoms with Crippen molar-refractivity contribution in [3.63, 3.8) is 0 Å². The molecule has 4 aromatic carbocycles. The number of rotatable bonds is 14. The van der Waals surface area contributed by atoms with Gasteiger partial charge in [0.05, 0.1) is 37.6 Å². The Labute approximate surface area is 516 Å². The maximum atomic E-state index is 12.5. The number of hydrogen-bond donors (Lipinski definition) is 3. The monoisotopic (exact) mass is 1050 g/mol. The number of nitrogens with zero attached hydrogens (tertiary/aromatic N) is 5. The fourth-order valence-corrected chi connectivity index (χ4v) is 8.10. The Morgan fingerprint density at radius 2 is 1.23 bits per heavy atom. The van der Waals surface area contributed by atoms with Gasteiger partial charge in [-0.3, -0.25) is 4.18 Å². The Kier molecular flexibility index (Phi) is 23.8. The van der Waals surface area contributed by atoms with E-state index in [1.54, 1.807) is 0 Å². The minimum atomic E-state index is -5.59. The zero-order chi connectivity index (χ0) is 41.4. The van der Waals surface area contributed by atoms with Crippen LogP contribution in [0, 0.1) is 0 Å². The number of aromatic nitrogens is 3. The largest absolute Gasteiger partial charge is 1.00 e. The molecule has 298 valence electrons. The Morgan fingerprint density at radius 3 is 1.78 bits per heavy atom. The predicted octanol–water partition coefficient (Wildman–Crippen LogP) is -9.73. The molecule has 0 amide bonds. The van der Waals surface area contributed by atoms with Crippen LogP contribution in [0.25, 0.3) is 10.8 Å². The summed E-state index contributed by atoms with van der Waals surface area (Å²) < 4.78 is 169. The van der Waals surface area contributed by atoms with Crippen LogP contribution in [-0.4, -0.2) is 92.7 Å². The fraction of sp³-hybridized carbons (Fsp3) is 0.0741. The number of phenolic OH excluding ortho intramolecular Hbond substituents is 1. The molecule has 0 radical (unpaired) electrons. The molecule has 0 bridgehead atoms. The number of hydrogen-bond acceptors (Lipinski definition) is 23. The summed E-state index contributed by atoms with van der Waals surface area (Å²) in [5.74, 6) is -2.91. The average Bonchev–Trinajstić information content (AvgIpc) is 3.05. The first kappa shape index (κ1) is 59.6. The second-order valence-corrected chi connectivity index (χ2v) is 18.3. The summed E-state index contributed by atoms with van der Waals surface area (Å²) >= 11 is 6.05. The van der Waals surface area contributed by atoms with Gasteiger partial charge in [0, 0.05) is 11.1 Å². The third-order valence-corrected chi connectivity index (χ3v) is 11.8. The first-order valence-electron chi connectivity index (χ1n) is 14.4. The minimum Gasteiger partial charge on any atom is -0.744 e. The molecule has 1 heterocycles. The molecule has 0 fully saturated rings. The molecule has 0 saturated carbocycles. The van der Waals surface area contributed by atoms with Crippen molar-refractivity contribution in [2.45, 2.75) is 19.6 Å². The maximum absolute atomic E-state index is 12.5. The van der Waals surface area contributed by atoms with Crippen LogP contribution in [0.15, 0.2) is 96.5 Å². The number of fused-ring (bicyclic) bond motifs is 1. The van der Waals surface area contributed by atoms with Crippen molar-refractivity contribution in [3.05, 3.63) is 72.0 Å². The van der Waals surface area contributed by atoms with Crippen LogP contribution in [0.3, 0.4) is 0 Å². The molecule has 0 aliphatic heterocycles. The second kappa shape index (κ2) is 24.0. The van der Waals surface area contributed by atoms with Gasteiger partial charge in [0.1, 0.15) is 41.7 Å². The smallest absolute Gasteiger partial charge is 0.744 e. The molecule has 33 heteroatoms. The van der Waals surface area contributed by atoms with Crippen LogP contribution in [0.1, 0.15) is 0 Å². The summed E-state index contributed by atoms with van der Waals surface area (Å²) in [4.78, 5) is 8.21. The number of azo groups is 1. The summed E-state index contributed by atoms with van der Waals surface area (Å²) in [7, 11) is -25.3. The molecule has 5 rings (SSSR count). The van der Waals surface area contributed by atoms with Gasteiger partial charge >= 0.3 is 206 Å². The molecule has 0 aliphatic rings. The van der Waals surface area contributed by atoms with Gasteiger partial charge in [0.25, 0.3) is 0 Å². The first-order chi connectivity index (χ1) is 25.8. The van der Waals surface area contributed by atoms with Crippen molar-refractivity contribution in [2.75, 3.05) is 23.0 Å². The van der Waals surface area contributed by atoms with Gasteiger partial charge in [-0.2, -0.15) is 15.0 Å². The van der Waals surface area contributed by atoms with E-state index < -0.39 is 122 Å². The molecular formula is C27H18ClK4N7O16S5. The van der Waals surface area contributed by atoms with Crippen molar-refractivity contribution in [3.8, 4) is 5.75 Å². The number of anilines is 4. The molecule has 0 saturated heterocycles. The van der Waals surface area contributed by atoms with E-state index in [4.69, 9.17) is 11.6 Å². The van der Waals surface area contributed by atoms with Crippen LogP contribution in [0.4, 0.5) is 34.6 Å². The van der Waals surface area contributed by atoms with Gasteiger partial charge < -0.3 is 34.0 Å². The van der Waals surface area contributed by atoms with Crippen LogP contribution in [-0.2, 0) is 54.8 Å². The molecule has 3 N–H and O–H groups in total. The molecule has 0 atom stereocenters. The second-order valence-electron chi connectivity index (χ2n) is 10.7. The quantitative estimate of drug-likeness (QED) is 0.0402. The normalized spacial score (nSPS) is 12.1. The van der Waals surface area contributed by atoms with Crippen molar-refractivity contribution in [1.82, 2.24) is 15.0 Å². The summed E-state index contributed by atoms with van der Waals surface area (Å²) in [6.45, 7) is -0.933. The van der Waals surface area contributed by atoms with Crippen molar-refractivity contribution >= 4 is 108 Å². The van der Waals surface area contributed by atoms with Gasteiger partial charge in [-0.05, 0) is 71.6 Å². The average molecular weight is 1050 g/mol. The van der Waals surface area contributed by atoms with Crippen molar-refractivity contribution in [1.29, 1.82) is 0 Å². The van der Waals surface area contributed by atoms with Gasteiger partial charge in [-0.15, -0.1) is 10.2 Å². The van der Waals surface area contributed by atoms with E-state index >= 15 is 0 Å². The summed E-state index contributed by atoms with van der Waals surface area (Å²) in [5.41, 5.74) is -2.14. The molecule has 5 aromatic rings. The number of nitrogens with one attached hydrogen (secondary N) is 2. The molecule has 0 aliphatic carbocycles. The number of halogens is 1. The van der Waals surface area contributed by atoms with Crippen molar-refractivity contribution in [2.24, 2.45) is 10.2 Å². The molecule has 0 spiro atoms. The number of benzene rings is 4. The van der Waals surface area contributed by atoms with Crippen LogP contribution < -0.4 is 216 Å². The molecular weight excluding hydrogens is 1030 g/mol. The van der Waals surface area contributed by atoms with Crippen LogP contribution >= 0.6 is 11.6 Å². The number of aromatic hydroxyl groups is 1. The zero-order valence-corrected chi connectivity index (χ0v) is 48.3. The SMILES string of the molecule is O=S(=O)([O-])OCCS(=O)(=O)c1ccc(Nc2nc(Cl)nc(Nc3cc(S(=O)(=O)[O-])cc4cc(S(=O)(=O)[O-])c(N=Nc5ccccc5S(=O)(=O)[O-])c(O)c34)n2)cc1.[K+].[K+].[K+].[K+]. The van der Waals surface area contributed by atoms with Gasteiger partial charge in [0.15, 0.2) is 15.6 Å². The van der Waals surface area contributed by atoms with E-state index in [9.17, 15) is 65.4 Å². The third kappa shape index (κ3) is 16.4. The van der Waals surface area contributed by atoms with E-state index in [1.807, 2.05) is 0 Å². The Bertz CT molecular complexity index is 3010. The van der Waals surface area contributed by atoms with E-state index in [1.165, 1.54) is 24.3 Å². The Balaban J connectivity index is 0.00000450. The Hall–Kier alpha value is 1.54. The number of sulfone groups is 1. The summed E-state index contributed by atoms with van der Waals surface area (Å²) in [6.07, 6.45) is 0. The van der Waals surface area contributed by atoms with E-state index in [-0.39, 0.29) is 222 Å². The molecule has 1 aromatic heterocycles. The van der Waals surface area contributed by atoms with E-state index in [0.717, 1.165) is 24.3 Å². The zero-order valence-electron chi connectivity index (χ0n) is 31.0. The van der Waals surface area contributed by atoms with Gasteiger partial charge in [-0.25, -0.2) is 42.1 Å². The molecule has 0 unspecified atom stereocenters. The van der Waals surface area contributed by atoms with E-state index in [2.05, 4.69) is 40.0 Å². The third-order valence-electron chi connectivity index (χ3n) is 6.98.